The predicted octanol–water partition coefficient (Wildman–Crippen LogP) is 2.28. The summed E-state index contributed by atoms with van der Waals surface area (Å²) < 4.78 is 13.1. The highest BCUT2D eigenvalue weighted by Gasteiger charge is 2.25. The molecule has 2 aromatic carbocycles. The molecule has 0 aliphatic carbocycles. The first kappa shape index (κ1) is 20.6. The molecule has 0 unspecified atom stereocenters. The van der Waals surface area contributed by atoms with Gasteiger partial charge in [0.15, 0.2) is 0 Å². The molecule has 0 bridgehead atoms. The molecule has 2 rings (SSSR count). The van der Waals surface area contributed by atoms with E-state index in [0.29, 0.717) is 6.42 Å². The number of rotatable bonds is 9. The molecule has 0 spiro atoms. The van der Waals surface area contributed by atoms with Crippen LogP contribution in [0.1, 0.15) is 24.5 Å². The molecule has 144 valence electrons. The van der Waals surface area contributed by atoms with Crippen molar-refractivity contribution >= 4 is 11.8 Å². The molecule has 0 saturated heterocycles. The molecule has 5 nitrogen and oxygen atoms in total. The molecule has 0 heterocycles. The Balaban J connectivity index is 2.10. The Morgan fingerprint density at radius 3 is 2.37 bits per heavy atom. The van der Waals surface area contributed by atoms with Gasteiger partial charge in [0, 0.05) is 19.5 Å². The molecular weight excluding hydrogens is 347 g/mol. The Labute approximate surface area is 158 Å². The summed E-state index contributed by atoms with van der Waals surface area (Å²) >= 11 is 0. The fourth-order valence-electron chi connectivity index (χ4n) is 2.74. The van der Waals surface area contributed by atoms with Gasteiger partial charge in [-0.2, -0.15) is 0 Å². The molecule has 1 atom stereocenters. The number of hydrogen-bond acceptors (Lipinski definition) is 3. The molecule has 6 heteroatoms. The van der Waals surface area contributed by atoms with E-state index < -0.39 is 6.04 Å². The van der Waals surface area contributed by atoms with Gasteiger partial charge in [0.05, 0.1) is 6.61 Å². The second-order valence-corrected chi connectivity index (χ2v) is 6.32. The maximum Gasteiger partial charge on any atom is 0.242 e. The van der Waals surface area contributed by atoms with E-state index in [4.69, 9.17) is 5.11 Å². The van der Waals surface area contributed by atoms with Gasteiger partial charge in [0.1, 0.15) is 11.9 Å². The Morgan fingerprint density at radius 2 is 1.74 bits per heavy atom. The maximum atomic E-state index is 13.1. The van der Waals surface area contributed by atoms with Crippen LogP contribution < -0.4 is 5.32 Å². The number of carbonyl (C=O) groups excluding carboxylic acids is 2. The minimum atomic E-state index is -0.704. The minimum Gasteiger partial charge on any atom is -0.395 e. The zero-order chi connectivity index (χ0) is 19.6. The van der Waals surface area contributed by atoms with Crippen molar-refractivity contribution in [3.63, 3.8) is 0 Å². The normalized spacial score (nSPS) is 11.7. The number of carbonyl (C=O) groups is 2. The van der Waals surface area contributed by atoms with E-state index in [1.54, 1.807) is 19.1 Å². The zero-order valence-electron chi connectivity index (χ0n) is 15.4. The van der Waals surface area contributed by atoms with Gasteiger partial charge in [-0.15, -0.1) is 0 Å². The van der Waals surface area contributed by atoms with Crippen molar-refractivity contribution < 1.29 is 19.1 Å². The fraction of sp³-hybridized carbons (Fsp3) is 0.333. The average molecular weight is 372 g/mol. The summed E-state index contributed by atoms with van der Waals surface area (Å²) in [6, 6.07) is 14.8. The van der Waals surface area contributed by atoms with Crippen molar-refractivity contribution in [3.8, 4) is 0 Å². The van der Waals surface area contributed by atoms with Gasteiger partial charge in [-0.3, -0.25) is 9.59 Å². The lowest BCUT2D eigenvalue weighted by atomic mass is 10.1. The van der Waals surface area contributed by atoms with Crippen molar-refractivity contribution in [2.24, 2.45) is 0 Å². The summed E-state index contributed by atoms with van der Waals surface area (Å²) in [5.41, 5.74) is 1.79. The number of benzene rings is 2. The number of nitrogens with one attached hydrogen (secondary N) is 1. The van der Waals surface area contributed by atoms with E-state index in [1.807, 2.05) is 30.3 Å². The maximum absolute atomic E-state index is 13.1. The summed E-state index contributed by atoms with van der Waals surface area (Å²) in [6.07, 6.45) is 0.841. The van der Waals surface area contributed by atoms with Crippen molar-refractivity contribution in [1.29, 1.82) is 0 Å². The number of nitrogens with zero attached hydrogens (tertiary/aromatic N) is 1. The third-order valence-corrected chi connectivity index (χ3v) is 4.31. The predicted molar refractivity (Wildman–Crippen MR) is 101 cm³/mol. The van der Waals surface area contributed by atoms with Crippen molar-refractivity contribution in [2.45, 2.75) is 32.4 Å². The summed E-state index contributed by atoms with van der Waals surface area (Å²) in [7, 11) is 0. The number of hydrogen-bond donors (Lipinski definition) is 2. The Morgan fingerprint density at radius 1 is 1.07 bits per heavy atom. The summed E-state index contributed by atoms with van der Waals surface area (Å²) in [6.45, 7) is 1.82. The highest BCUT2D eigenvalue weighted by atomic mass is 19.1. The number of aliphatic hydroxyl groups is 1. The molecule has 2 aromatic rings. The highest BCUT2D eigenvalue weighted by molar-refractivity contribution is 5.87. The van der Waals surface area contributed by atoms with E-state index in [2.05, 4.69) is 5.32 Å². The van der Waals surface area contributed by atoms with Crippen molar-refractivity contribution in [3.05, 3.63) is 71.5 Å². The largest absolute Gasteiger partial charge is 0.395 e. The van der Waals surface area contributed by atoms with Gasteiger partial charge in [-0.1, -0.05) is 42.5 Å². The SMILES string of the molecule is C[C@@H](C(=O)NCCO)N(Cc1ccc(F)cc1)C(=O)CCc1ccccc1. The third kappa shape index (κ3) is 6.49. The molecule has 27 heavy (non-hydrogen) atoms. The molecular formula is C21H25FN2O3. The van der Waals surface area contributed by atoms with Crippen LogP contribution in [-0.2, 0) is 22.6 Å². The van der Waals surface area contributed by atoms with E-state index in [1.165, 1.54) is 17.0 Å². The molecule has 0 saturated carbocycles. The van der Waals surface area contributed by atoms with Crippen LogP contribution >= 0.6 is 0 Å². The van der Waals surface area contributed by atoms with Crippen LogP contribution in [0.2, 0.25) is 0 Å². The van der Waals surface area contributed by atoms with Crippen LogP contribution in [0.3, 0.4) is 0 Å². The van der Waals surface area contributed by atoms with Crippen molar-refractivity contribution in [1.82, 2.24) is 10.2 Å². The number of aliphatic hydroxyl groups excluding tert-OH is 1. The van der Waals surface area contributed by atoms with Crippen LogP contribution in [0, 0.1) is 5.82 Å². The average Bonchev–Trinajstić information content (AvgIpc) is 2.70. The monoisotopic (exact) mass is 372 g/mol. The van der Waals surface area contributed by atoms with Gasteiger partial charge in [0.25, 0.3) is 0 Å². The van der Waals surface area contributed by atoms with Crippen LogP contribution in [0.15, 0.2) is 54.6 Å². The van der Waals surface area contributed by atoms with E-state index >= 15 is 0 Å². The lowest BCUT2D eigenvalue weighted by Crippen LogP contribution is -2.48. The van der Waals surface area contributed by atoms with Crippen LogP contribution in [0.4, 0.5) is 4.39 Å². The van der Waals surface area contributed by atoms with Gasteiger partial charge in [-0.05, 0) is 36.6 Å². The highest BCUT2D eigenvalue weighted by Crippen LogP contribution is 2.13. The van der Waals surface area contributed by atoms with Gasteiger partial charge < -0.3 is 15.3 Å². The standard InChI is InChI=1S/C21H25FN2O3/c1-16(21(27)23-13-14-25)24(15-18-7-10-19(22)11-8-18)20(26)12-9-17-5-3-2-4-6-17/h2-8,10-11,16,25H,9,12-15H2,1H3,(H,23,27)/t16-/m0/s1. The lowest BCUT2D eigenvalue weighted by molar-refractivity contribution is -0.140. The number of halogens is 1. The van der Waals surface area contributed by atoms with E-state index in [-0.39, 0.29) is 43.7 Å². The number of amides is 2. The fourth-order valence-corrected chi connectivity index (χ4v) is 2.74. The summed E-state index contributed by atoms with van der Waals surface area (Å²) in [5.74, 6) is -0.844. The Kier molecular flexibility index (Phi) is 7.95. The lowest BCUT2D eigenvalue weighted by Gasteiger charge is -2.29. The molecule has 0 aromatic heterocycles. The first-order valence-electron chi connectivity index (χ1n) is 8.97. The molecule has 2 amide bonds. The van der Waals surface area contributed by atoms with Crippen molar-refractivity contribution in [2.75, 3.05) is 13.2 Å². The molecule has 0 aliphatic rings. The van der Waals surface area contributed by atoms with Crippen LogP contribution in [0.25, 0.3) is 0 Å². The van der Waals surface area contributed by atoms with E-state index in [0.717, 1.165) is 11.1 Å². The molecule has 0 fully saturated rings. The zero-order valence-corrected chi connectivity index (χ0v) is 15.4. The molecule has 0 radical (unpaired) electrons. The smallest absolute Gasteiger partial charge is 0.242 e. The first-order chi connectivity index (χ1) is 13.0. The second kappa shape index (κ2) is 10.4. The van der Waals surface area contributed by atoms with Gasteiger partial charge >= 0.3 is 0 Å². The quantitative estimate of drug-likeness (QED) is 0.710. The van der Waals surface area contributed by atoms with Crippen LogP contribution in [0.5, 0.6) is 0 Å². The Bertz CT molecular complexity index is 735. The second-order valence-electron chi connectivity index (χ2n) is 6.32. The van der Waals surface area contributed by atoms with Gasteiger partial charge in [0.2, 0.25) is 11.8 Å². The molecule has 2 N–H and O–H groups in total. The molecule has 0 aliphatic heterocycles. The first-order valence-corrected chi connectivity index (χ1v) is 8.97. The van der Waals surface area contributed by atoms with Crippen LogP contribution in [-0.4, -0.2) is 41.0 Å². The summed E-state index contributed by atoms with van der Waals surface area (Å²) in [5, 5.41) is 11.5. The van der Waals surface area contributed by atoms with Gasteiger partial charge in [-0.25, -0.2) is 4.39 Å². The number of aryl methyl sites for hydroxylation is 1. The Hall–Kier alpha value is -2.73. The third-order valence-electron chi connectivity index (χ3n) is 4.31. The van der Waals surface area contributed by atoms with E-state index in [9.17, 15) is 14.0 Å². The minimum absolute atomic E-state index is 0.131. The summed E-state index contributed by atoms with van der Waals surface area (Å²) in [4.78, 5) is 26.6. The topological polar surface area (TPSA) is 69.6 Å².